The van der Waals surface area contributed by atoms with E-state index in [0.717, 1.165) is 47.3 Å². The van der Waals surface area contributed by atoms with Gasteiger partial charge in [-0.05, 0) is 55.3 Å². The van der Waals surface area contributed by atoms with Crippen molar-refractivity contribution in [3.63, 3.8) is 0 Å². The molecule has 1 N–H and O–H groups in total. The summed E-state index contributed by atoms with van der Waals surface area (Å²) in [4.78, 5) is 4.76. The van der Waals surface area contributed by atoms with Crippen molar-refractivity contribution in [2.45, 2.75) is 18.9 Å². The van der Waals surface area contributed by atoms with Gasteiger partial charge < -0.3 is 19.0 Å². The highest BCUT2D eigenvalue weighted by Gasteiger charge is 2.15. The molecule has 26 heavy (non-hydrogen) atoms. The Morgan fingerprint density at radius 2 is 2.00 bits per heavy atom. The number of hydrogen-bond donors (Lipinski definition) is 1. The third kappa shape index (κ3) is 3.44. The van der Waals surface area contributed by atoms with Crippen LogP contribution in [-0.4, -0.2) is 31.5 Å². The molecule has 1 saturated heterocycles. The Morgan fingerprint density at radius 1 is 1.15 bits per heavy atom. The Bertz CT molecular complexity index is 969. The second-order valence-corrected chi connectivity index (χ2v) is 6.38. The van der Waals surface area contributed by atoms with Crippen molar-refractivity contribution in [3.05, 3.63) is 53.9 Å². The molecule has 3 aromatic rings. The molecule has 0 spiro atoms. The minimum absolute atomic E-state index is 0.170. The summed E-state index contributed by atoms with van der Waals surface area (Å²) in [6, 6.07) is 14.7. The molecule has 1 atom stereocenters. The summed E-state index contributed by atoms with van der Waals surface area (Å²) in [5.41, 5.74) is 1.62. The number of rotatable bonds is 4. The van der Waals surface area contributed by atoms with Crippen LogP contribution in [0.1, 0.15) is 12.8 Å². The molecule has 0 aliphatic carbocycles. The number of methoxy groups -OCH3 is 1. The van der Waals surface area contributed by atoms with Crippen molar-refractivity contribution < 1.29 is 19.0 Å². The predicted octanol–water partition coefficient (Wildman–Crippen LogP) is 3.89. The Balaban J connectivity index is 1.81. The number of hydrogen-bond acceptors (Lipinski definition) is 5. The highest BCUT2D eigenvalue weighted by molar-refractivity contribution is 5.80. The highest BCUT2D eigenvalue weighted by atomic mass is 16.5. The van der Waals surface area contributed by atoms with Crippen LogP contribution in [0, 0.1) is 0 Å². The first-order chi connectivity index (χ1) is 12.7. The van der Waals surface area contributed by atoms with Crippen LogP contribution in [0.25, 0.3) is 22.3 Å². The first-order valence-corrected chi connectivity index (χ1v) is 8.76. The summed E-state index contributed by atoms with van der Waals surface area (Å²) in [6.45, 7) is 1.42. The average Bonchev–Trinajstić information content (AvgIpc) is 3.20. The maximum atomic E-state index is 9.86. The predicted molar refractivity (Wildman–Crippen MR) is 99.3 cm³/mol. The highest BCUT2D eigenvalue weighted by Crippen LogP contribution is 2.26. The topological polar surface area (TPSA) is 64.2 Å². The lowest BCUT2D eigenvalue weighted by Gasteiger charge is -2.08. The van der Waals surface area contributed by atoms with E-state index >= 15 is 0 Å². The number of benzene rings is 2. The van der Waals surface area contributed by atoms with Gasteiger partial charge in [-0.3, -0.25) is 4.99 Å². The molecule has 0 saturated carbocycles. The maximum absolute atomic E-state index is 9.86. The average molecular weight is 351 g/mol. The number of ether oxygens (including phenoxy) is 2. The fourth-order valence-electron chi connectivity index (χ4n) is 3.17. The van der Waals surface area contributed by atoms with Gasteiger partial charge in [0.2, 0.25) is 0 Å². The lowest BCUT2D eigenvalue weighted by molar-refractivity contribution is 0.117. The molecule has 2 heterocycles. The van der Waals surface area contributed by atoms with E-state index in [4.69, 9.17) is 18.9 Å². The summed E-state index contributed by atoms with van der Waals surface area (Å²) in [5.74, 6) is 1.71. The van der Waals surface area contributed by atoms with Gasteiger partial charge in [0, 0.05) is 23.6 Å². The van der Waals surface area contributed by atoms with Gasteiger partial charge >= 0.3 is 0 Å². The van der Waals surface area contributed by atoms with Crippen LogP contribution in [0.5, 0.6) is 11.5 Å². The molecular formula is C21H21NO4. The second-order valence-electron chi connectivity index (χ2n) is 6.38. The minimum Gasteiger partial charge on any atom is -0.508 e. The summed E-state index contributed by atoms with van der Waals surface area (Å²) in [5, 5.41) is 11.4. The zero-order chi connectivity index (χ0) is 17.9. The van der Waals surface area contributed by atoms with Crippen molar-refractivity contribution in [2.24, 2.45) is 4.99 Å². The smallest absolute Gasteiger partial charge is 0.137 e. The van der Waals surface area contributed by atoms with Crippen LogP contribution in [0.4, 0.5) is 0 Å². The summed E-state index contributed by atoms with van der Waals surface area (Å²) < 4.78 is 16.9. The van der Waals surface area contributed by atoms with Gasteiger partial charge in [0.05, 0.1) is 25.1 Å². The van der Waals surface area contributed by atoms with Crippen molar-refractivity contribution in [1.82, 2.24) is 0 Å². The van der Waals surface area contributed by atoms with Crippen molar-refractivity contribution in [1.29, 1.82) is 0 Å². The molecule has 5 nitrogen and oxygen atoms in total. The molecule has 0 bridgehead atoms. The van der Waals surface area contributed by atoms with E-state index in [1.54, 1.807) is 25.3 Å². The normalized spacial score (nSPS) is 17.7. The molecular weight excluding hydrogens is 330 g/mol. The van der Waals surface area contributed by atoms with Crippen LogP contribution >= 0.6 is 0 Å². The van der Waals surface area contributed by atoms with E-state index in [1.165, 1.54) is 0 Å². The molecule has 1 aromatic heterocycles. The molecule has 0 amide bonds. The van der Waals surface area contributed by atoms with Crippen LogP contribution in [0.2, 0.25) is 0 Å². The monoisotopic (exact) mass is 351 g/mol. The van der Waals surface area contributed by atoms with Gasteiger partial charge in [-0.2, -0.15) is 0 Å². The molecule has 1 aliphatic heterocycles. The van der Waals surface area contributed by atoms with E-state index in [2.05, 4.69) is 0 Å². The van der Waals surface area contributed by atoms with Gasteiger partial charge in [0.25, 0.3) is 0 Å². The lowest BCUT2D eigenvalue weighted by Crippen LogP contribution is -2.13. The van der Waals surface area contributed by atoms with E-state index in [0.29, 0.717) is 12.1 Å². The van der Waals surface area contributed by atoms with E-state index in [-0.39, 0.29) is 11.9 Å². The van der Waals surface area contributed by atoms with Crippen molar-refractivity contribution in [2.75, 3.05) is 20.3 Å². The Morgan fingerprint density at radius 3 is 2.73 bits per heavy atom. The second kappa shape index (κ2) is 7.22. The molecule has 134 valence electrons. The number of nitrogens with zero attached hydrogens (tertiary/aromatic N) is 1. The quantitative estimate of drug-likeness (QED) is 0.774. The van der Waals surface area contributed by atoms with Gasteiger partial charge in [-0.1, -0.05) is 0 Å². The third-order valence-electron chi connectivity index (χ3n) is 4.59. The molecule has 2 aromatic carbocycles. The molecule has 5 heteroatoms. The Labute approximate surface area is 151 Å². The Hall–Kier alpha value is -2.79. The van der Waals surface area contributed by atoms with Crippen LogP contribution in [-0.2, 0) is 4.74 Å². The standard InChI is InChI=1S/C21H21NO4/c1-24-16-7-4-14(5-8-16)21-12-19(22-13-17-3-2-10-25-17)18-11-15(23)6-9-20(18)26-21/h4-9,11-12,17,23H,2-3,10,13H2,1H3/t17-/m0/s1. The third-order valence-corrected chi connectivity index (χ3v) is 4.59. The minimum atomic E-state index is 0.170. The summed E-state index contributed by atoms with van der Waals surface area (Å²) in [7, 11) is 1.64. The fourth-order valence-corrected chi connectivity index (χ4v) is 3.17. The largest absolute Gasteiger partial charge is 0.508 e. The van der Waals surface area contributed by atoms with E-state index in [9.17, 15) is 5.11 Å². The first-order valence-electron chi connectivity index (χ1n) is 8.76. The number of phenolic OH excluding ortho intramolecular Hbond substituents is 1. The lowest BCUT2D eigenvalue weighted by atomic mass is 10.1. The van der Waals surface area contributed by atoms with Crippen LogP contribution in [0.15, 0.2) is 57.9 Å². The number of phenols is 1. The number of aromatic hydroxyl groups is 1. The van der Waals surface area contributed by atoms with Gasteiger partial charge in [-0.25, -0.2) is 0 Å². The molecule has 1 aliphatic rings. The van der Waals surface area contributed by atoms with Gasteiger partial charge in [-0.15, -0.1) is 0 Å². The molecule has 4 rings (SSSR count). The molecule has 1 fully saturated rings. The molecule has 0 unspecified atom stereocenters. The first kappa shape index (κ1) is 16.7. The van der Waals surface area contributed by atoms with Gasteiger partial charge in [0.15, 0.2) is 0 Å². The van der Waals surface area contributed by atoms with Crippen LogP contribution < -0.4 is 10.1 Å². The summed E-state index contributed by atoms with van der Waals surface area (Å²) in [6.07, 6.45) is 2.29. The SMILES string of the molecule is COc1ccc(-c2cc(=NC[C@@H]3CCCO3)c3cc(O)ccc3o2)cc1. The zero-order valence-corrected chi connectivity index (χ0v) is 14.6. The van der Waals surface area contributed by atoms with Gasteiger partial charge in [0.1, 0.15) is 22.8 Å². The van der Waals surface area contributed by atoms with Crippen molar-refractivity contribution >= 4 is 11.0 Å². The zero-order valence-electron chi connectivity index (χ0n) is 14.6. The molecule has 0 radical (unpaired) electrons. The van der Waals surface area contributed by atoms with E-state index < -0.39 is 0 Å². The Kier molecular flexibility index (Phi) is 4.63. The van der Waals surface area contributed by atoms with Crippen LogP contribution in [0.3, 0.4) is 0 Å². The fraction of sp³-hybridized carbons (Fsp3) is 0.286. The number of fused-ring (bicyclic) bond motifs is 1. The maximum Gasteiger partial charge on any atom is 0.137 e. The summed E-state index contributed by atoms with van der Waals surface area (Å²) >= 11 is 0. The van der Waals surface area contributed by atoms with E-state index in [1.807, 2.05) is 30.3 Å². The van der Waals surface area contributed by atoms with Crippen molar-refractivity contribution in [3.8, 4) is 22.8 Å².